The van der Waals surface area contributed by atoms with Gasteiger partial charge in [-0.25, -0.2) is 4.39 Å². The van der Waals surface area contributed by atoms with E-state index in [1.807, 2.05) is 6.92 Å². The molecule has 3 N–H and O–H groups in total. The molecule has 1 aromatic carbocycles. The summed E-state index contributed by atoms with van der Waals surface area (Å²) in [6.07, 6.45) is 0.784. The monoisotopic (exact) mass is 238 g/mol. The summed E-state index contributed by atoms with van der Waals surface area (Å²) in [6.45, 7) is 4.45. The van der Waals surface area contributed by atoms with Crippen LogP contribution in [0.25, 0.3) is 0 Å². The van der Waals surface area contributed by atoms with Crippen molar-refractivity contribution in [3.63, 3.8) is 0 Å². The summed E-state index contributed by atoms with van der Waals surface area (Å²) in [5.41, 5.74) is 6.91. The number of nitrogens with two attached hydrogens (primary N) is 1. The number of likely N-dealkylation sites (tertiary alicyclic amines) is 1. The molecule has 0 radical (unpaired) electrons. The van der Waals surface area contributed by atoms with Crippen LogP contribution in [0.15, 0.2) is 18.2 Å². The third-order valence-corrected chi connectivity index (χ3v) is 3.31. The molecule has 1 heterocycles. The van der Waals surface area contributed by atoms with E-state index < -0.39 is 5.60 Å². The number of hydrogen-bond acceptors (Lipinski definition) is 3. The molecule has 1 aromatic rings. The minimum atomic E-state index is -0.594. The summed E-state index contributed by atoms with van der Waals surface area (Å²) >= 11 is 0. The van der Waals surface area contributed by atoms with Crippen molar-refractivity contribution < 1.29 is 9.50 Å². The van der Waals surface area contributed by atoms with Crippen molar-refractivity contribution in [1.29, 1.82) is 0 Å². The largest absolute Gasteiger partial charge is 0.389 e. The van der Waals surface area contributed by atoms with Gasteiger partial charge in [0.1, 0.15) is 5.82 Å². The number of rotatable bonds is 3. The molecule has 4 heteroatoms. The fourth-order valence-electron chi connectivity index (χ4n) is 2.35. The highest BCUT2D eigenvalue weighted by atomic mass is 19.1. The van der Waals surface area contributed by atoms with Crippen molar-refractivity contribution >= 4 is 0 Å². The second-order valence-electron chi connectivity index (χ2n) is 5.07. The fraction of sp³-hybridized carbons (Fsp3) is 0.538. The molecule has 1 unspecified atom stereocenters. The summed E-state index contributed by atoms with van der Waals surface area (Å²) in [6, 6.07) is 4.73. The Hall–Kier alpha value is -0.970. The molecule has 3 nitrogen and oxygen atoms in total. The van der Waals surface area contributed by atoms with Crippen LogP contribution < -0.4 is 5.73 Å². The van der Waals surface area contributed by atoms with E-state index in [1.165, 1.54) is 12.1 Å². The molecule has 94 valence electrons. The lowest BCUT2D eigenvalue weighted by Crippen LogP contribution is -2.29. The van der Waals surface area contributed by atoms with Gasteiger partial charge in [-0.3, -0.25) is 4.90 Å². The van der Waals surface area contributed by atoms with Gasteiger partial charge >= 0.3 is 0 Å². The maximum absolute atomic E-state index is 13.1. The molecule has 0 aliphatic carbocycles. The average molecular weight is 238 g/mol. The van der Waals surface area contributed by atoms with Crippen LogP contribution in [0.3, 0.4) is 0 Å². The molecule has 1 fully saturated rings. The normalized spacial score (nSPS) is 25.4. The number of benzene rings is 1. The minimum Gasteiger partial charge on any atom is -0.389 e. The van der Waals surface area contributed by atoms with Crippen molar-refractivity contribution in [2.75, 3.05) is 13.1 Å². The summed E-state index contributed by atoms with van der Waals surface area (Å²) in [5, 5.41) is 9.89. The first-order valence-corrected chi connectivity index (χ1v) is 5.92. The predicted octanol–water partition coefficient (Wildman–Crippen LogP) is 1.24. The smallest absolute Gasteiger partial charge is 0.123 e. The Bertz CT molecular complexity index is 406. The molecule has 0 bridgehead atoms. The Labute approximate surface area is 101 Å². The molecule has 1 atom stereocenters. The molecular weight excluding hydrogens is 219 g/mol. The van der Waals surface area contributed by atoms with Crippen LogP contribution in [0.2, 0.25) is 0 Å². The molecular formula is C13H19FN2O. The Morgan fingerprint density at radius 1 is 1.47 bits per heavy atom. The van der Waals surface area contributed by atoms with Crippen LogP contribution in [0.5, 0.6) is 0 Å². The first kappa shape index (κ1) is 12.5. The molecule has 17 heavy (non-hydrogen) atoms. The standard InChI is InChI=1S/C13H19FN2O/c1-13(17)4-5-16(9-13)8-10-2-3-12(14)6-11(10)7-15/h2-3,6,17H,4-5,7-9,15H2,1H3. The van der Waals surface area contributed by atoms with E-state index >= 15 is 0 Å². The summed E-state index contributed by atoms with van der Waals surface area (Å²) in [5.74, 6) is -0.248. The minimum absolute atomic E-state index is 0.248. The number of nitrogens with zero attached hydrogens (tertiary/aromatic N) is 1. The zero-order valence-corrected chi connectivity index (χ0v) is 10.1. The highest BCUT2D eigenvalue weighted by molar-refractivity contribution is 5.27. The highest BCUT2D eigenvalue weighted by Crippen LogP contribution is 2.23. The Kier molecular flexibility index (Phi) is 3.47. The Balaban J connectivity index is 2.09. The molecule has 2 rings (SSSR count). The number of β-amino-alcohol motifs (C(OH)–C–C–N with tert-alkyl or cyclic N) is 1. The fourth-order valence-corrected chi connectivity index (χ4v) is 2.35. The Morgan fingerprint density at radius 2 is 2.24 bits per heavy atom. The third-order valence-electron chi connectivity index (χ3n) is 3.31. The van der Waals surface area contributed by atoms with Crippen LogP contribution in [0.1, 0.15) is 24.5 Å². The molecule has 1 aliphatic rings. The molecule has 0 spiro atoms. The van der Waals surface area contributed by atoms with Crippen molar-refractivity contribution in [3.05, 3.63) is 35.1 Å². The maximum Gasteiger partial charge on any atom is 0.123 e. The SMILES string of the molecule is CC1(O)CCN(Cc2ccc(F)cc2CN)C1. The summed E-state index contributed by atoms with van der Waals surface area (Å²) in [4.78, 5) is 2.17. The predicted molar refractivity (Wildman–Crippen MR) is 64.8 cm³/mol. The first-order chi connectivity index (χ1) is 8.00. The molecule has 0 amide bonds. The summed E-state index contributed by atoms with van der Waals surface area (Å²) < 4.78 is 13.1. The topological polar surface area (TPSA) is 49.5 Å². The number of hydrogen-bond donors (Lipinski definition) is 2. The van der Waals surface area contributed by atoms with E-state index in [0.29, 0.717) is 13.1 Å². The van der Waals surface area contributed by atoms with Crippen LogP contribution in [-0.4, -0.2) is 28.7 Å². The Morgan fingerprint density at radius 3 is 2.82 bits per heavy atom. The van der Waals surface area contributed by atoms with Crippen molar-refractivity contribution in [2.24, 2.45) is 5.73 Å². The third kappa shape index (κ3) is 3.03. The van der Waals surface area contributed by atoms with E-state index in [-0.39, 0.29) is 5.82 Å². The number of aliphatic hydroxyl groups is 1. The molecule has 0 aromatic heterocycles. The number of halogens is 1. The zero-order valence-electron chi connectivity index (χ0n) is 10.1. The van der Waals surface area contributed by atoms with E-state index in [1.54, 1.807) is 6.07 Å². The second kappa shape index (κ2) is 4.72. The second-order valence-corrected chi connectivity index (χ2v) is 5.07. The lowest BCUT2D eigenvalue weighted by atomic mass is 10.1. The summed E-state index contributed by atoms with van der Waals surface area (Å²) in [7, 11) is 0. The lowest BCUT2D eigenvalue weighted by molar-refractivity contribution is 0.0678. The van der Waals surface area contributed by atoms with E-state index in [4.69, 9.17) is 5.73 Å². The van der Waals surface area contributed by atoms with Gasteiger partial charge in [0.2, 0.25) is 0 Å². The highest BCUT2D eigenvalue weighted by Gasteiger charge is 2.31. The van der Waals surface area contributed by atoms with Crippen molar-refractivity contribution in [3.8, 4) is 0 Å². The van der Waals surface area contributed by atoms with Crippen molar-refractivity contribution in [1.82, 2.24) is 4.90 Å². The molecule has 1 saturated heterocycles. The van der Waals surface area contributed by atoms with Gasteiger partial charge in [0, 0.05) is 26.2 Å². The quantitative estimate of drug-likeness (QED) is 0.833. The van der Waals surface area contributed by atoms with Gasteiger partial charge in [-0.1, -0.05) is 6.07 Å². The molecule has 0 saturated carbocycles. The van der Waals surface area contributed by atoms with Crippen molar-refractivity contribution in [2.45, 2.75) is 32.0 Å². The van der Waals surface area contributed by atoms with E-state index in [9.17, 15) is 9.50 Å². The van der Waals surface area contributed by atoms with Gasteiger partial charge < -0.3 is 10.8 Å². The van der Waals surface area contributed by atoms with Gasteiger partial charge in [0.15, 0.2) is 0 Å². The van der Waals surface area contributed by atoms with Crippen LogP contribution in [0.4, 0.5) is 4.39 Å². The van der Waals surface area contributed by atoms with Gasteiger partial charge in [-0.2, -0.15) is 0 Å². The van der Waals surface area contributed by atoms with Crippen LogP contribution in [-0.2, 0) is 13.1 Å². The van der Waals surface area contributed by atoms with Crippen LogP contribution >= 0.6 is 0 Å². The first-order valence-electron chi connectivity index (χ1n) is 5.92. The van der Waals surface area contributed by atoms with E-state index in [0.717, 1.165) is 30.6 Å². The van der Waals surface area contributed by atoms with E-state index in [2.05, 4.69) is 4.90 Å². The maximum atomic E-state index is 13.1. The molecule has 1 aliphatic heterocycles. The van der Waals surface area contributed by atoms with Gasteiger partial charge in [0.25, 0.3) is 0 Å². The lowest BCUT2D eigenvalue weighted by Gasteiger charge is -2.20. The van der Waals surface area contributed by atoms with Gasteiger partial charge in [-0.15, -0.1) is 0 Å². The van der Waals surface area contributed by atoms with Crippen LogP contribution in [0, 0.1) is 5.82 Å². The van der Waals surface area contributed by atoms with Gasteiger partial charge in [-0.05, 0) is 36.6 Å². The zero-order chi connectivity index (χ0) is 12.5. The average Bonchev–Trinajstić information content (AvgIpc) is 2.61. The van der Waals surface area contributed by atoms with Gasteiger partial charge in [0.05, 0.1) is 5.60 Å².